The molecule has 0 unspecified atom stereocenters. The Balaban J connectivity index is 1.44. The third kappa shape index (κ3) is 2.61. The molecule has 1 atom stereocenters. The van der Waals surface area contributed by atoms with Crippen LogP contribution >= 0.6 is 0 Å². The van der Waals surface area contributed by atoms with Gasteiger partial charge in [-0.1, -0.05) is 0 Å². The van der Waals surface area contributed by atoms with E-state index < -0.39 is 6.04 Å². The summed E-state index contributed by atoms with van der Waals surface area (Å²) in [6, 6.07) is 0.721. The molecular formula is C17H20N4O4. The number of carbonyl (C=O) groups is 4. The van der Waals surface area contributed by atoms with Crippen LogP contribution in [0.25, 0.3) is 0 Å². The minimum atomic E-state index is -0.404. The van der Waals surface area contributed by atoms with E-state index >= 15 is 0 Å². The molecule has 4 rings (SSSR count). The average molecular weight is 344 g/mol. The van der Waals surface area contributed by atoms with Gasteiger partial charge in [0.1, 0.15) is 11.7 Å². The molecule has 0 saturated carbocycles. The maximum Gasteiger partial charge on any atom is 0.327 e. The minimum Gasteiger partial charge on any atom is -0.356 e. The molecular weight excluding hydrogens is 324 g/mol. The summed E-state index contributed by atoms with van der Waals surface area (Å²) < 4.78 is 0. The van der Waals surface area contributed by atoms with Crippen molar-refractivity contribution >= 4 is 23.6 Å². The summed E-state index contributed by atoms with van der Waals surface area (Å²) in [6.45, 7) is 1.75. The first kappa shape index (κ1) is 15.9. The summed E-state index contributed by atoms with van der Waals surface area (Å²) in [4.78, 5) is 56.5. The number of aromatic amines is 1. The van der Waals surface area contributed by atoms with Gasteiger partial charge in [0.05, 0.1) is 6.54 Å². The molecule has 3 saturated heterocycles. The van der Waals surface area contributed by atoms with Crippen molar-refractivity contribution in [3.05, 3.63) is 23.5 Å². The first-order chi connectivity index (χ1) is 12.1. The van der Waals surface area contributed by atoms with E-state index in [1.807, 2.05) is 0 Å². The summed E-state index contributed by atoms with van der Waals surface area (Å²) in [5, 5.41) is 0. The van der Waals surface area contributed by atoms with Gasteiger partial charge < -0.3 is 14.8 Å². The molecule has 1 aromatic rings. The van der Waals surface area contributed by atoms with E-state index in [9.17, 15) is 19.2 Å². The molecule has 0 radical (unpaired) electrons. The number of amides is 4. The lowest BCUT2D eigenvalue weighted by atomic mass is 10.2. The van der Waals surface area contributed by atoms with E-state index in [-0.39, 0.29) is 30.2 Å². The molecule has 8 nitrogen and oxygen atoms in total. The molecule has 132 valence electrons. The predicted molar refractivity (Wildman–Crippen MR) is 87.1 cm³/mol. The Bertz CT molecular complexity index is 728. The molecule has 0 bridgehead atoms. The SMILES string of the molecule is O=C(CN1C(=O)[C@@H]2CCCN2C1=O)c1c[nH]c(C(=O)N2CCCC2)c1. The van der Waals surface area contributed by atoms with Crippen molar-refractivity contribution in [2.75, 3.05) is 26.2 Å². The van der Waals surface area contributed by atoms with Crippen LogP contribution < -0.4 is 0 Å². The van der Waals surface area contributed by atoms with Crippen LogP contribution in [0.3, 0.4) is 0 Å². The summed E-state index contributed by atoms with van der Waals surface area (Å²) >= 11 is 0. The number of nitrogens with zero attached hydrogens (tertiary/aromatic N) is 3. The Kier molecular flexibility index (Phi) is 3.82. The van der Waals surface area contributed by atoms with Crippen molar-refractivity contribution in [1.29, 1.82) is 0 Å². The number of aromatic nitrogens is 1. The van der Waals surface area contributed by atoms with Crippen molar-refractivity contribution in [1.82, 2.24) is 19.7 Å². The third-order valence-electron chi connectivity index (χ3n) is 5.21. The smallest absolute Gasteiger partial charge is 0.327 e. The van der Waals surface area contributed by atoms with Crippen molar-refractivity contribution < 1.29 is 19.2 Å². The van der Waals surface area contributed by atoms with Gasteiger partial charge in [-0.2, -0.15) is 0 Å². The molecule has 4 heterocycles. The van der Waals surface area contributed by atoms with Gasteiger partial charge in [-0.15, -0.1) is 0 Å². The number of rotatable bonds is 4. The van der Waals surface area contributed by atoms with E-state index in [2.05, 4.69) is 4.98 Å². The van der Waals surface area contributed by atoms with E-state index in [1.165, 1.54) is 17.2 Å². The highest BCUT2D eigenvalue weighted by atomic mass is 16.2. The summed E-state index contributed by atoms with van der Waals surface area (Å²) in [6.07, 6.45) is 4.94. The molecule has 1 aromatic heterocycles. The largest absolute Gasteiger partial charge is 0.356 e. The maximum atomic E-state index is 12.5. The number of urea groups is 1. The molecule has 0 aliphatic carbocycles. The minimum absolute atomic E-state index is 0.120. The highest BCUT2D eigenvalue weighted by molar-refractivity contribution is 6.10. The number of H-pyrrole nitrogens is 1. The van der Waals surface area contributed by atoms with Crippen LogP contribution in [0.2, 0.25) is 0 Å². The Labute approximate surface area is 144 Å². The molecule has 8 heteroatoms. The lowest BCUT2D eigenvalue weighted by Crippen LogP contribution is -2.37. The normalized spacial score (nSPS) is 22.9. The lowest BCUT2D eigenvalue weighted by Gasteiger charge is -2.14. The molecule has 25 heavy (non-hydrogen) atoms. The second-order valence-corrected chi connectivity index (χ2v) is 6.78. The van der Waals surface area contributed by atoms with Gasteiger partial charge in [0.25, 0.3) is 11.8 Å². The standard InChI is InChI=1S/C17H20N4O4/c22-14(10-21-16(24)13-4-3-7-20(13)17(21)25)11-8-12(18-9-11)15(23)19-5-1-2-6-19/h8-9,13,18H,1-7,10H2/t13-/m0/s1. The number of fused-ring (bicyclic) bond motifs is 1. The van der Waals surface area contributed by atoms with Crippen molar-refractivity contribution in [3.8, 4) is 0 Å². The first-order valence-corrected chi connectivity index (χ1v) is 8.69. The Hall–Kier alpha value is -2.64. The van der Waals surface area contributed by atoms with Gasteiger partial charge in [-0.3, -0.25) is 19.3 Å². The fraction of sp³-hybridized carbons (Fsp3) is 0.529. The van der Waals surface area contributed by atoms with Crippen LogP contribution in [0.4, 0.5) is 4.79 Å². The summed E-state index contributed by atoms with van der Waals surface area (Å²) in [5.41, 5.74) is 0.681. The summed E-state index contributed by atoms with van der Waals surface area (Å²) in [5.74, 6) is -0.759. The van der Waals surface area contributed by atoms with Gasteiger partial charge in [-0.05, 0) is 31.7 Å². The number of carbonyl (C=O) groups excluding carboxylic acids is 4. The maximum absolute atomic E-state index is 12.5. The van der Waals surface area contributed by atoms with E-state index in [0.29, 0.717) is 24.2 Å². The van der Waals surface area contributed by atoms with Crippen molar-refractivity contribution in [3.63, 3.8) is 0 Å². The number of imide groups is 1. The topological polar surface area (TPSA) is 93.8 Å². The highest BCUT2D eigenvalue weighted by Gasteiger charge is 2.47. The number of likely N-dealkylation sites (tertiary alicyclic amines) is 1. The van der Waals surface area contributed by atoms with Crippen LogP contribution in [0.1, 0.15) is 46.5 Å². The van der Waals surface area contributed by atoms with Crippen LogP contribution in [-0.2, 0) is 4.79 Å². The van der Waals surface area contributed by atoms with Gasteiger partial charge in [0.15, 0.2) is 5.78 Å². The zero-order valence-corrected chi connectivity index (χ0v) is 13.9. The van der Waals surface area contributed by atoms with Crippen molar-refractivity contribution in [2.24, 2.45) is 0 Å². The first-order valence-electron chi connectivity index (χ1n) is 8.69. The zero-order chi connectivity index (χ0) is 17.6. The van der Waals surface area contributed by atoms with E-state index in [4.69, 9.17) is 0 Å². The van der Waals surface area contributed by atoms with Gasteiger partial charge in [0, 0.05) is 31.4 Å². The number of hydrogen-bond donors (Lipinski definition) is 1. The Morgan fingerprint density at radius 3 is 2.60 bits per heavy atom. The Morgan fingerprint density at radius 1 is 1.12 bits per heavy atom. The molecule has 0 spiro atoms. The average Bonchev–Trinajstić information content (AvgIpc) is 3.38. The van der Waals surface area contributed by atoms with Crippen LogP contribution in [-0.4, -0.2) is 75.5 Å². The van der Waals surface area contributed by atoms with Crippen LogP contribution in [0, 0.1) is 0 Å². The second kappa shape index (κ2) is 6.02. The molecule has 3 fully saturated rings. The number of ketones is 1. The van der Waals surface area contributed by atoms with Crippen LogP contribution in [0.5, 0.6) is 0 Å². The number of Topliss-reactive ketones (excluding diaryl/α,β-unsaturated/α-hetero) is 1. The van der Waals surface area contributed by atoms with E-state index in [1.54, 1.807) is 4.90 Å². The lowest BCUT2D eigenvalue weighted by molar-refractivity contribution is -0.127. The summed E-state index contributed by atoms with van der Waals surface area (Å²) in [7, 11) is 0. The van der Waals surface area contributed by atoms with Gasteiger partial charge in [0.2, 0.25) is 0 Å². The molecule has 3 aliphatic rings. The second-order valence-electron chi connectivity index (χ2n) is 6.78. The van der Waals surface area contributed by atoms with Gasteiger partial charge >= 0.3 is 6.03 Å². The Morgan fingerprint density at radius 2 is 1.88 bits per heavy atom. The quantitative estimate of drug-likeness (QED) is 0.647. The predicted octanol–water partition coefficient (Wildman–Crippen LogP) is 0.860. The molecule has 4 amide bonds. The van der Waals surface area contributed by atoms with Gasteiger partial charge in [-0.25, -0.2) is 4.79 Å². The monoisotopic (exact) mass is 344 g/mol. The number of hydrogen-bond acceptors (Lipinski definition) is 4. The third-order valence-corrected chi connectivity index (χ3v) is 5.21. The molecule has 0 aromatic carbocycles. The highest BCUT2D eigenvalue weighted by Crippen LogP contribution is 2.27. The fourth-order valence-corrected chi connectivity index (χ4v) is 3.83. The molecule has 3 aliphatic heterocycles. The van der Waals surface area contributed by atoms with Crippen LogP contribution in [0.15, 0.2) is 12.3 Å². The zero-order valence-electron chi connectivity index (χ0n) is 13.9. The van der Waals surface area contributed by atoms with E-state index in [0.717, 1.165) is 37.3 Å². The molecule has 1 N–H and O–H groups in total. The van der Waals surface area contributed by atoms with Crippen molar-refractivity contribution in [2.45, 2.75) is 31.7 Å². The number of nitrogens with one attached hydrogen (secondary N) is 1. The fourth-order valence-electron chi connectivity index (χ4n) is 3.83.